The molecule has 0 bridgehead atoms. The van der Waals surface area contributed by atoms with E-state index in [1.54, 1.807) is 6.33 Å². The van der Waals surface area contributed by atoms with Crippen LogP contribution in [0, 0.1) is 6.92 Å². The predicted octanol–water partition coefficient (Wildman–Crippen LogP) is 3.68. The highest BCUT2D eigenvalue weighted by molar-refractivity contribution is 5.85. The molecule has 6 heteroatoms. The number of rotatable bonds is 4. The summed E-state index contributed by atoms with van der Waals surface area (Å²) >= 11 is 0. The van der Waals surface area contributed by atoms with E-state index < -0.39 is 11.7 Å². The fourth-order valence-corrected chi connectivity index (χ4v) is 1.88. The van der Waals surface area contributed by atoms with Gasteiger partial charge in [0, 0.05) is 17.1 Å². The van der Waals surface area contributed by atoms with E-state index in [2.05, 4.69) is 20.6 Å². The highest BCUT2D eigenvalue weighted by Crippen LogP contribution is 2.17. The molecule has 1 aromatic heterocycles. The number of aryl methyl sites for hydroxylation is 1. The van der Waals surface area contributed by atoms with Gasteiger partial charge in [-0.15, -0.1) is 0 Å². The first-order valence-electron chi connectivity index (χ1n) is 7.16. The SMILES string of the molecule is Cc1[nH]cnc1CNc1cccc(NC(=O)OC(C)(C)C)c1. The van der Waals surface area contributed by atoms with Gasteiger partial charge >= 0.3 is 6.09 Å². The van der Waals surface area contributed by atoms with Gasteiger partial charge in [0.2, 0.25) is 0 Å². The first kappa shape index (κ1) is 15.9. The zero-order chi connectivity index (χ0) is 16.2. The molecule has 118 valence electrons. The maximum absolute atomic E-state index is 11.8. The molecular formula is C16H22N4O2. The van der Waals surface area contributed by atoms with Crippen molar-refractivity contribution in [3.05, 3.63) is 42.0 Å². The van der Waals surface area contributed by atoms with Crippen LogP contribution in [0.1, 0.15) is 32.2 Å². The van der Waals surface area contributed by atoms with Crippen LogP contribution in [-0.4, -0.2) is 21.7 Å². The van der Waals surface area contributed by atoms with E-state index in [1.165, 1.54) is 0 Å². The summed E-state index contributed by atoms with van der Waals surface area (Å²) < 4.78 is 5.23. The smallest absolute Gasteiger partial charge is 0.412 e. The molecule has 1 amide bonds. The number of nitrogens with zero attached hydrogens (tertiary/aromatic N) is 1. The van der Waals surface area contributed by atoms with Crippen LogP contribution in [-0.2, 0) is 11.3 Å². The van der Waals surface area contributed by atoms with Crippen LogP contribution in [0.25, 0.3) is 0 Å². The second kappa shape index (κ2) is 6.51. The topological polar surface area (TPSA) is 79.0 Å². The van der Waals surface area contributed by atoms with Gasteiger partial charge in [-0.2, -0.15) is 0 Å². The van der Waals surface area contributed by atoms with E-state index in [-0.39, 0.29) is 0 Å². The molecule has 2 rings (SSSR count). The van der Waals surface area contributed by atoms with E-state index in [9.17, 15) is 4.79 Å². The van der Waals surface area contributed by atoms with Crippen LogP contribution in [0.4, 0.5) is 16.2 Å². The second-order valence-electron chi connectivity index (χ2n) is 6.04. The van der Waals surface area contributed by atoms with Crippen LogP contribution in [0.15, 0.2) is 30.6 Å². The molecule has 0 saturated heterocycles. The van der Waals surface area contributed by atoms with Crippen molar-refractivity contribution in [3.8, 4) is 0 Å². The first-order chi connectivity index (χ1) is 10.3. The molecule has 6 nitrogen and oxygen atoms in total. The molecule has 0 fully saturated rings. The maximum atomic E-state index is 11.8. The van der Waals surface area contributed by atoms with Gasteiger partial charge in [0.25, 0.3) is 0 Å². The number of H-pyrrole nitrogens is 1. The number of amides is 1. The third-order valence-electron chi connectivity index (χ3n) is 2.90. The summed E-state index contributed by atoms with van der Waals surface area (Å²) in [5, 5.41) is 6.00. The van der Waals surface area contributed by atoms with E-state index >= 15 is 0 Å². The van der Waals surface area contributed by atoms with Crippen molar-refractivity contribution < 1.29 is 9.53 Å². The average Bonchev–Trinajstić information content (AvgIpc) is 2.80. The molecule has 2 aromatic rings. The summed E-state index contributed by atoms with van der Waals surface area (Å²) in [6.45, 7) is 8.08. The molecule has 0 aliphatic carbocycles. The molecular weight excluding hydrogens is 280 g/mol. The Hall–Kier alpha value is -2.50. The molecule has 1 heterocycles. The van der Waals surface area contributed by atoms with Crippen LogP contribution in [0.5, 0.6) is 0 Å². The Balaban J connectivity index is 1.95. The summed E-state index contributed by atoms with van der Waals surface area (Å²) in [5.74, 6) is 0. The molecule has 0 spiro atoms. The van der Waals surface area contributed by atoms with Crippen molar-refractivity contribution in [2.24, 2.45) is 0 Å². The number of hydrogen-bond donors (Lipinski definition) is 3. The van der Waals surface area contributed by atoms with Crippen molar-refractivity contribution in [2.75, 3.05) is 10.6 Å². The first-order valence-corrected chi connectivity index (χ1v) is 7.16. The average molecular weight is 302 g/mol. The number of benzene rings is 1. The highest BCUT2D eigenvalue weighted by Gasteiger charge is 2.16. The Bertz CT molecular complexity index is 644. The van der Waals surface area contributed by atoms with Crippen molar-refractivity contribution in [1.29, 1.82) is 0 Å². The third kappa shape index (κ3) is 4.80. The van der Waals surface area contributed by atoms with Gasteiger partial charge in [0.05, 0.1) is 18.6 Å². The number of nitrogens with one attached hydrogen (secondary N) is 3. The lowest BCUT2D eigenvalue weighted by atomic mass is 10.2. The number of ether oxygens (including phenoxy) is 1. The fraction of sp³-hybridized carbons (Fsp3) is 0.375. The van der Waals surface area contributed by atoms with Gasteiger partial charge in [-0.1, -0.05) is 6.07 Å². The van der Waals surface area contributed by atoms with E-state index in [0.717, 1.165) is 17.1 Å². The lowest BCUT2D eigenvalue weighted by molar-refractivity contribution is 0.0636. The quantitative estimate of drug-likeness (QED) is 0.805. The van der Waals surface area contributed by atoms with Gasteiger partial charge in [-0.25, -0.2) is 9.78 Å². The summed E-state index contributed by atoms with van der Waals surface area (Å²) in [7, 11) is 0. The van der Waals surface area contributed by atoms with Crippen LogP contribution < -0.4 is 10.6 Å². The summed E-state index contributed by atoms with van der Waals surface area (Å²) in [6.07, 6.45) is 1.21. The number of hydrogen-bond acceptors (Lipinski definition) is 4. The lowest BCUT2D eigenvalue weighted by Crippen LogP contribution is -2.27. The number of aromatic amines is 1. The minimum atomic E-state index is -0.516. The molecule has 0 unspecified atom stereocenters. The lowest BCUT2D eigenvalue weighted by Gasteiger charge is -2.19. The van der Waals surface area contributed by atoms with Gasteiger partial charge in [-0.3, -0.25) is 5.32 Å². The summed E-state index contributed by atoms with van der Waals surface area (Å²) in [4.78, 5) is 19.0. The Morgan fingerprint density at radius 3 is 2.68 bits per heavy atom. The van der Waals surface area contributed by atoms with E-state index in [4.69, 9.17) is 4.74 Å². The van der Waals surface area contributed by atoms with Crippen molar-refractivity contribution in [2.45, 2.75) is 39.8 Å². The van der Waals surface area contributed by atoms with Crippen LogP contribution in [0.3, 0.4) is 0 Å². The minimum Gasteiger partial charge on any atom is -0.444 e. The Morgan fingerprint density at radius 1 is 1.32 bits per heavy atom. The van der Waals surface area contributed by atoms with E-state index in [1.807, 2.05) is 52.0 Å². The Kier molecular flexibility index (Phi) is 4.70. The fourth-order valence-electron chi connectivity index (χ4n) is 1.88. The predicted molar refractivity (Wildman–Crippen MR) is 87.0 cm³/mol. The Labute approximate surface area is 130 Å². The third-order valence-corrected chi connectivity index (χ3v) is 2.90. The molecule has 0 radical (unpaired) electrons. The molecule has 0 saturated carbocycles. The zero-order valence-electron chi connectivity index (χ0n) is 13.4. The number of aromatic nitrogens is 2. The number of carbonyl (C=O) groups excluding carboxylic acids is 1. The standard InChI is InChI=1S/C16H22N4O2/c1-11-14(19-10-18-11)9-17-12-6-5-7-13(8-12)20-15(21)22-16(2,3)4/h5-8,10,17H,9H2,1-4H3,(H,18,19)(H,20,21). The van der Waals surface area contributed by atoms with Gasteiger partial charge < -0.3 is 15.0 Å². The van der Waals surface area contributed by atoms with Gasteiger partial charge in [-0.05, 0) is 45.9 Å². The molecule has 0 aliphatic rings. The molecule has 0 atom stereocenters. The number of anilines is 2. The van der Waals surface area contributed by atoms with Crippen molar-refractivity contribution >= 4 is 17.5 Å². The molecule has 22 heavy (non-hydrogen) atoms. The monoisotopic (exact) mass is 302 g/mol. The molecule has 3 N–H and O–H groups in total. The zero-order valence-corrected chi connectivity index (χ0v) is 13.4. The number of carbonyl (C=O) groups is 1. The van der Waals surface area contributed by atoms with Crippen molar-refractivity contribution in [1.82, 2.24) is 9.97 Å². The molecule has 1 aromatic carbocycles. The van der Waals surface area contributed by atoms with Crippen LogP contribution in [0.2, 0.25) is 0 Å². The van der Waals surface area contributed by atoms with Crippen LogP contribution >= 0.6 is 0 Å². The number of imidazole rings is 1. The normalized spacial score (nSPS) is 11.1. The summed E-state index contributed by atoms with van der Waals surface area (Å²) in [6, 6.07) is 7.47. The van der Waals surface area contributed by atoms with Gasteiger partial charge in [0.15, 0.2) is 0 Å². The largest absolute Gasteiger partial charge is 0.444 e. The summed E-state index contributed by atoms with van der Waals surface area (Å²) in [5.41, 5.74) is 3.06. The van der Waals surface area contributed by atoms with Gasteiger partial charge in [0.1, 0.15) is 5.60 Å². The maximum Gasteiger partial charge on any atom is 0.412 e. The highest BCUT2D eigenvalue weighted by atomic mass is 16.6. The van der Waals surface area contributed by atoms with E-state index in [0.29, 0.717) is 12.2 Å². The van der Waals surface area contributed by atoms with Crippen molar-refractivity contribution in [3.63, 3.8) is 0 Å². The second-order valence-corrected chi connectivity index (χ2v) is 6.04. The minimum absolute atomic E-state index is 0.465. The Morgan fingerprint density at radius 2 is 2.05 bits per heavy atom. The molecule has 0 aliphatic heterocycles.